The molecule has 37 heavy (non-hydrogen) atoms. The van der Waals surface area contributed by atoms with Gasteiger partial charge in [-0.1, -0.05) is 18.5 Å². The van der Waals surface area contributed by atoms with E-state index in [1.165, 1.54) is 24.1 Å². The highest BCUT2D eigenvalue weighted by atomic mass is 35.5. The van der Waals surface area contributed by atoms with Gasteiger partial charge in [0.05, 0.1) is 18.0 Å². The zero-order chi connectivity index (χ0) is 26.5. The van der Waals surface area contributed by atoms with Crippen LogP contribution in [0, 0.1) is 5.82 Å². The van der Waals surface area contributed by atoms with Gasteiger partial charge in [-0.2, -0.15) is 0 Å². The number of hydrogen-bond acceptors (Lipinski definition) is 5. The fourth-order valence-electron chi connectivity index (χ4n) is 4.76. The summed E-state index contributed by atoms with van der Waals surface area (Å²) in [6.07, 6.45) is 1.58. The summed E-state index contributed by atoms with van der Waals surface area (Å²) < 4.78 is 20.4. The van der Waals surface area contributed by atoms with Gasteiger partial charge in [-0.05, 0) is 61.9 Å². The van der Waals surface area contributed by atoms with Gasteiger partial charge in [-0.15, -0.1) is 0 Å². The maximum absolute atomic E-state index is 15.0. The predicted octanol–water partition coefficient (Wildman–Crippen LogP) is 3.91. The maximum Gasteiger partial charge on any atom is 0.322 e. The summed E-state index contributed by atoms with van der Waals surface area (Å²) in [6.45, 7) is 3.51. The largest absolute Gasteiger partial charge is 0.380 e. The molecule has 1 unspecified atom stereocenters. The molecule has 0 bridgehead atoms. The normalized spacial score (nSPS) is 21.2. The molecule has 2 saturated heterocycles. The average molecular weight is 532 g/mol. The Hall–Kier alpha value is -3.21. The second kappa shape index (κ2) is 11.9. The van der Waals surface area contributed by atoms with Crippen LogP contribution in [0.3, 0.4) is 0 Å². The topological polar surface area (TPSA) is 103 Å². The van der Waals surface area contributed by atoms with Crippen LogP contribution in [0.25, 0.3) is 0 Å². The van der Waals surface area contributed by atoms with E-state index in [-0.39, 0.29) is 42.4 Å². The molecule has 3 N–H and O–H groups in total. The van der Waals surface area contributed by atoms with Gasteiger partial charge in [-0.3, -0.25) is 14.9 Å². The number of nitrogens with zero attached hydrogens (tertiary/aromatic N) is 2. The molecule has 0 aliphatic carbocycles. The Labute approximate surface area is 220 Å². The summed E-state index contributed by atoms with van der Waals surface area (Å²) in [5.41, 5.74) is 0.671. The number of ether oxygens (including phenoxy) is 1. The van der Waals surface area contributed by atoms with E-state index in [0.29, 0.717) is 17.3 Å². The lowest BCUT2D eigenvalue weighted by Gasteiger charge is -2.25. The molecule has 2 aliphatic rings. The molecule has 0 aromatic heterocycles. The Morgan fingerprint density at radius 1 is 1.11 bits per heavy atom. The van der Waals surface area contributed by atoms with Crippen molar-refractivity contribution in [1.29, 1.82) is 0 Å². The number of halogens is 2. The van der Waals surface area contributed by atoms with E-state index in [9.17, 15) is 18.8 Å². The fraction of sp³-hybridized carbons (Fsp3) is 0.423. The second-order valence-electron chi connectivity index (χ2n) is 9.10. The lowest BCUT2D eigenvalue weighted by atomic mass is 10.1. The van der Waals surface area contributed by atoms with Crippen molar-refractivity contribution in [2.24, 2.45) is 0 Å². The first-order valence-electron chi connectivity index (χ1n) is 12.3. The minimum absolute atomic E-state index is 0.0647. The third-order valence-corrected chi connectivity index (χ3v) is 6.93. The molecule has 0 saturated carbocycles. The summed E-state index contributed by atoms with van der Waals surface area (Å²) in [5.74, 6) is -1.53. The van der Waals surface area contributed by atoms with Gasteiger partial charge >= 0.3 is 6.03 Å². The van der Waals surface area contributed by atoms with Gasteiger partial charge in [0, 0.05) is 42.9 Å². The molecule has 2 aromatic carbocycles. The highest BCUT2D eigenvalue weighted by Gasteiger charge is 2.40. The van der Waals surface area contributed by atoms with Crippen molar-refractivity contribution in [1.82, 2.24) is 15.1 Å². The first-order chi connectivity index (χ1) is 17.8. The van der Waals surface area contributed by atoms with E-state index in [2.05, 4.69) is 16.0 Å². The van der Waals surface area contributed by atoms with Crippen LogP contribution in [0.2, 0.25) is 5.02 Å². The summed E-state index contributed by atoms with van der Waals surface area (Å²) >= 11 is 5.90. The lowest BCUT2D eigenvalue weighted by molar-refractivity contribution is -0.119. The molecule has 2 heterocycles. The van der Waals surface area contributed by atoms with Crippen LogP contribution in [0.15, 0.2) is 42.5 Å². The highest BCUT2D eigenvalue weighted by molar-refractivity contribution is 6.30. The monoisotopic (exact) mass is 531 g/mol. The average Bonchev–Trinajstić information content (AvgIpc) is 3.54. The van der Waals surface area contributed by atoms with Crippen molar-refractivity contribution in [3.05, 3.63) is 58.9 Å². The maximum atomic E-state index is 15.0. The number of carbonyl (C=O) groups is 3. The third kappa shape index (κ3) is 6.20. The quantitative estimate of drug-likeness (QED) is 0.503. The molecule has 4 rings (SSSR count). The van der Waals surface area contributed by atoms with Crippen LogP contribution >= 0.6 is 11.6 Å². The molecule has 2 fully saturated rings. The van der Waals surface area contributed by atoms with Gasteiger partial charge in [0.25, 0.3) is 5.91 Å². The van der Waals surface area contributed by atoms with Crippen LogP contribution in [-0.2, 0) is 9.53 Å². The second-order valence-corrected chi connectivity index (χ2v) is 9.53. The molecule has 4 amide bonds. The Balaban J connectivity index is 1.44. The molecular formula is C26H31ClFN5O4. The number of carbonyl (C=O) groups excluding carboxylic acids is 3. The molecule has 198 valence electrons. The zero-order valence-electron chi connectivity index (χ0n) is 20.8. The van der Waals surface area contributed by atoms with E-state index in [1.54, 1.807) is 29.2 Å². The number of methoxy groups -OCH3 is 1. The van der Waals surface area contributed by atoms with Crippen molar-refractivity contribution < 1.29 is 23.5 Å². The summed E-state index contributed by atoms with van der Waals surface area (Å²) in [7, 11) is 1.51. The SMILES string of the molecule is CCNC1CCCN1C(=O)c1ccc(NC(=O)[C@H]2C[C@@H](OC)CN2C(=O)Nc2ccc(Cl)cc2)c(F)c1. The summed E-state index contributed by atoms with van der Waals surface area (Å²) in [5, 5.41) is 9.12. The number of benzene rings is 2. The van der Waals surface area contributed by atoms with E-state index in [1.807, 2.05) is 6.92 Å². The van der Waals surface area contributed by atoms with Gasteiger partial charge in [0.1, 0.15) is 11.9 Å². The molecular weight excluding hydrogens is 501 g/mol. The van der Waals surface area contributed by atoms with Gasteiger partial charge in [0.15, 0.2) is 0 Å². The molecule has 11 heteroatoms. The van der Waals surface area contributed by atoms with Gasteiger partial charge in [0.2, 0.25) is 5.91 Å². The highest BCUT2D eigenvalue weighted by Crippen LogP contribution is 2.25. The van der Waals surface area contributed by atoms with Crippen molar-refractivity contribution >= 4 is 40.8 Å². The van der Waals surface area contributed by atoms with Gasteiger partial charge in [-0.25, -0.2) is 9.18 Å². The number of anilines is 2. The first kappa shape index (κ1) is 26.8. The Kier molecular flexibility index (Phi) is 8.63. The molecule has 9 nitrogen and oxygen atoms in total. The lowest BCUT2D eigenvalue weighted by Crippen LogP contribution is -2.45. The van der Waals surface area contributed by atoms with E-state index in [0.717, 1.165) is 25.5 Å². The first-order valence-corrected chi connectivity index (χ1v) is 12.7. The third-order valence-electron chi connectivity index (χ3n) is 6.68. The Bertz CT molecular complexity index is 1150. The molecule has 2 aromatic rings. The minimum Gasteiger partial charge on any atom is -0.380 e. The zero-order valence-corrected chi connectivity index (χ0v) is 21.6. The molecule has 3 atom stereocenters. The van der Waals surface area contributed by atoms with Crippen molar-refractivity contribution in [2.75, 3.05) is 37.4 Å². The van der Waals surface area contributed by atoms with Crippen LogP contribution in [0.5, 0.6) is 0 Å². The van der Waals surface area contributed by atoms with Crippen molar-refractivity contribution in [2.45, 2.75) is 44.5 Å². The fourth-order valence-corrected chi connectivity index (χ4v) is 4.88. The Morgan fingerprint density at radius 3 is 2.54 bits per heavy atom. The number of amides is 4. The van der Waals surface area contributed by atoms with Crippen molar-refractivity contribution in [3.8, 4) is 0 Å². The van der Waals surface area contributed by atoms with E-state index >= 15 is 0 Å². The standard InChI is InChI=1S/C26H31ClFN5O4/c1-3-29-23-5-4-12-32(23)25(35)16-6-11-21(20(28)13-16)31-24(34)22-14-19(37-2)15-33(22)26(36)30-18-9-7-17(27)8-10-18/h6-11,13,19,22-23,29H,3-5,12,14-15H2,1-2H3,(H,30,36)(H,31,34)/t19-,22-,23?/m1/s1. The van der Waals surface area contributed by atoms with Gasteiger partial charge < -0.3 is 25.2 Å². The Morgan fingerprint density at radius 2 is 1.86 bits per heavy atom. The number of urea groups is 1. The number of nitrogens with one attached hydrogen (secondary N) is 3. The number of hydrogen-bond donors (Lipinski definition) is 3. The van der Waals surface area contributed by atoms with E-state index in [4.69, 9.17) is 16.3 Å². The molecule has 0 spiro atoms. The van der Waals surface area contributed by atoms with Crippen LogP contribution in [-0.4, -0.2) is 72.7 Å². The summed E-state index contributed by atoms with van der Waals surface area (Å²) in [4.78, 5) is 42.1. The van der Waals surface area contributed by atoms with E-state index < -0.39 is 23.8 Å². The van der Waals surface area contributed by atoms with Crippen LogP contribution < -0.4 is 16.0 Å². The number of rotatable bonds is 7. The number of likely N-dealkylation sites (tertiary alicyclic amines) is 2. The van der Waals surface area contributed by atoms with Crippen molar-refractivity contribution in [3.63, 3.8) is 0 Å². The summed E-state index contributed by atoms with van der Waals surface area (Å²) in [6, 6.07) is 9.25. The molecule has 2 aliphatic heterocycles. The predicted molar refractivity (Wildman–Crippen MR) is 139 cm³/mol. The molecule has 0 radical (unpaired) electrons. The van der Waals surface area contributed by atoms with Crippen LogP contribution in [0.1, 0.15) is 36.5 Å². The minimum atomic E-state index is -0.872. The smallest absolute Gasteiger partial charge is 0.322 e. The van der Waals surface area contributed by atoms with Crippen LogP contribution in [0.4, 0.5) is 20.6 Å².